The normalized spacial score (nSPS) is 16.3. The number of ether oxygens (including phenoxy) is 1. The van der Waals surface area contributed by atoms with E-state index in [9.17, 15) is 4.39 Å². The molecule has 134 valence electrons. The number of hydrogen-bond acceptors (Lipinski definition) is 5. The van der Waals surface area contributed by atoms with Crippen LogP contribution in [0.3, 0.4) is 0 Å². The number of halogens is 1. The molecule has 0 saturated carbocycles. The molecule has 1 aliphatic rings. The van der Waals surface area contributed by atoms with Gasteiger partial charge in [-0.05, 0) is 6.07 Å². The van der Waals surface area contributed by atoms with E-state index in [-0.39, 0.29) is 18.5 Å². The van der Waals surface area contributed by atoms with E-state index in [1.807, 2.05) is 34.9 Å². The van der Waals surface area contributed by atoms with E-state index in [2.05, 4.69) is 15.1 Å². The summed E-state index contributed by atoms with van der Waals surface area (Å²) in [6.45, 7) is 0.764. The van der Waals surface area contributed by atoms with Crippen LogP contribution in [0, 0.1) is 5.82 Å². The molecule has 0 saturated heterocycles. The van der Waals surface area contributed by atoms with Gasteiger partial charge in [0.1, 0.15) is 11.9 Å². The monoisotopic (exact) mass is 362 g/mol. The molecule has 0 amide bonds. The Hall–Kier alpha value is -3.32. The van der Waals surface area contributed by atoms with E-state index < -0.39 is 0 Å². The second-order valence-electron chi connectivity index (χ2n) is 6.30. The van der Waals surface area contributed by atoms with Gasteiger partial charge >= 0.3 is 0 Å². The van der Waals surface area contributed by atoms with Gasteiger partial charge in [0.15, 0.2) is 5.69 Å². The average Bonchev–Trinajstić information content (AvgIpc) is 3.35. The lowest BCUT2D eigenvalue weighted by molar-refractivity contribution is 0.00126. The van der Waals surface area contributed by atoms with Crippen LogP contribution in [0.15, 0.2) is 65.4 Å². The molecule has 0 aliphatic carbocycles. The summed E-state index contributed by atoms with van der Waals surface area (Å²) in [7, 11) is 0. The summed E-state index contributed by atoms with van der Waals surface area (Å²) in [4.78, 5) is 8.87. The second-order valence-corrected chi connectivity index (χ2v) is 6.30. The molecule has 0 spiro atoms. The predicted octanol–water partition coefficient (Wildman–Crippen LogP) is 4.01. The van der Waals surface area contributed by atoms with Crippen LogP contribution in [0.1, 0.15) is 17.4 Å². The highest BCUT2D eigenvalue weighted by Crippen LogP contribution is 2.32. The standard InChI is InChI=1S/C20H15FN4O2/c21-15-9-5-4-8-14(15)17-10-25-12-22-18(16(25)11-26-17)20-23-19(24-27-20)13-6-2-1-3-7-13/h1-9,12,17H,10-11H2/t17-/m1/s1. The van der Waals surface area contributed by atoms with Crippen molar-refractivity contribution in [2.24, 2.45) is 0 Å². The lowest BCUT2D eigenvalue weighted by Crippen LogP contribution is -2.21. The van der Waals surface area contributed by atoms with E-state index in [1.165, 1.54) is 6.07 Å². The van der Waals surface area contributed by atoms with E-state index in [0.29, 0.717) is 29.5 Å². The third kappa shape index (κ3) is 2.82. The van der Waals surface area contributed by atoms with E-state index >= 15 is 0 Å². The molecule has 0 radical (unpaired) electrons. The maximum absolute atomic E-state index is 14.0. The van der Waals surface area contributed by atoms with Gasteiger partial charge in [0.2, 0.25) is 5.82 Å². The highest BCUT2D eigenvalue weighted by molar-refractivity contribution is 5.58. The van der Waals surface area contributed by atoms with Crippen molar-refractivity contribution in [3.63, 3.8) is 0 Å². The van der Waals surface area contributed by atoms with Gasteiger partial charge < -0.3 is 13.8 Å². The molecule has 3 heterocycles. The molecule has 0 unspecified atom stereocenters. The van der Waals surface area contributed by atoms with Crippen LogP contribution in [0.2, 0.25) is 0 Å². The number of imidazole rings is 1. The van der Waals surface area contributed by atoms with Gasteiger partial charge in [-0.15, -0.1) is 0 Å². The van der Waals surface area contributed by atoms with Crippen LogP contribution in [-0.4, -0.2) is 19.7 Å². The van der Waals surface area contributed by atoms with Gasteiger partial charge in [0.05, 0.1) is 25.2 Å². The molecule has 6 nitrogen and oxygen atoms in total. The van der Waals surface area contributed by atoms with Crippen LogP contribution in [0.25, 0.3) is 23.0 Å². The van der Waals surface area contributed by atoms with Crippen LogP contribution in [0.5, 0.6) is 0 Å². The average molecular weight is 362 g/mol. The molecule has 0 fully saturated rings. The molecule has 4 aromatic rings. The second kappa shape index (κ2) is 6.44. The fourth-order valence-electron chi connectivity index (χ4n) is 3.25. The highest BCUT2D eigenvalue weighted by Gasteiger charge is 2.27. The highest BCUT2D eigenvalue weighted by atomic mass is 19.1. The van der Waals surface area contributed by atoms with Gasteiger partial charge in [-0.25, -0.2) is 9.37 Å². The SMILES string of the molecule is Fc1ccccc1[C@H]1Cn2cnc(-c3nc(-c4ccccc4)no3)c2CO1. The Bertz CT molecular complexity index is 1090. The Labute approximate surface area is 154 Å². The minimum absolute atomic E-state index is 0.268. The third-order valence-corrected chi connectivity index (χ3v) is 4.64. The molecule has 1 atom stereocenters. The summed E-state index contributed by atoms with van der Waals surface area (Å²) >= 11 is 0. The predicted molar refractivity (Wildman–Crippen MR) is 94.9 cm³/mol. The molecular formula is C20H15FN4O2. The molecule has 7 heteroatoms. The summed E-state index contributed by atoms with van der Waals surface area (Å²) in [6, 6.07) is 16.3. The Morgan fingerprint density at radius 1 is 1.04 bits per heavy atom. The van der Waals surface area contributed by atoms with Crippen molar-refractivity contribution in [2.45, 2.75) is 19.3 Å². The first-order valence-corrected chi connectivity index (χ1v) is 8.59. The molecule has 27 heavy (non-hydrogen) atoms. The number of fused-ring (bicyclic) bond motifs is 1. The number of aromatic nitrogens is 4. The minimum atomic E-state index is -0.358. The minimum Gasteiger partial charge on any atom is -0.365 e. The molecule has 2 aromatic heterocycles. The van der Waals surface area contributed by atoms with Gasteiger partial charge in [0, 0.05) is 11.1 Å². The Morgan fingerprint density at radius 3 is 2.70 bits per heavy atom. The Balaban J connectivity index is 1.44. The first-order valence-electron chi connectivity index (χ1n) is 8.59. The first-order chi connectivity index (χ1) is 13.3. The zero-order valence-corrected chi connectivity index (χ0v) is 14.2. The summed E-state index contributed by atoms with van der Waals surface area (Å²) in [5, 5.41) is 4.04. The van der Waals surface area contributed by atoms with Crippen LogP contribution < -0.4 is 0 Å². The number of rotatable bonds is 3. The van der Waals surface area contributed by atoms with Crippen molar-refractivity contribution in [2.75, 3.05) is 0 Å². The third-order valence-electron chi connectivity index (χ3n) is 4.64. The van der Waals surface area contributed by atoms with Gasteiger partial charge in [-0.2, -0.15) is 4.98 Å². The van der Waals surface area contributed by atoms with E-state index in [4.69, 9.17) is 9.26 Å². The summed E-state index contributed by atoms with van der Waals surface area (Å²) in [5.41, 5.74) is 2.85. The van der Waals surface area contributed by atoms with Crippen molar-refractivity contribution in [3.8, 4) is 23.0 Å². The summed E-state index contributed by atoms with van der Waals surface area (Å²) in [6.07, 6.45) is 1.34. The van der Waals surface area contributed by atoms with Crippen LogP contribution in [0.4, 0.5) is 4.39 Å². The first kappa shape index (κ1) is 15.9. The zero-order chi connectivity index (χ0) is 18.2. The molecule has 0 N–H and O–H groups in total. The lowest BCUT2D eigenvalue weighted by Gasteiger charge is -2.25. The zero-order valence-electron chi connectivity index (χ0n) is 14.2. The smallest absolute Gasteiger partial charge is 0.278 e. The quantitative estimate of drug-likeness (QED) is 0.551. The molecule has 0 bridgehead atoms. The molecular weight excluding hydrogens is 347 g/mol. The van der Waals surface area contributed by atoms with Crippen molar-refractivity contribution < 1.29 is 13.7 Å². The Morgan fingerprint density at radius 2 is 1.85 bits per heavy atom. The van der Waals surface area contributed by atoms with Crippen molar-refractivity contribution in [1.29, 1.82) is 0 Å². The number of hydrogen-bond donors (Lipinski definition) is 0. The molecule has 2 aromatic carbocycles. The van der Waals surface area contributed by atoms with Gasteiger partial charge in [-0.3, -0.25) is 0 Å². The number of nitrogens with zero attached hydrogens (tertiary/aromatic N) is 4. The summed E-state index contributed by atoms with van der Waals surface area (Å²) in [5.74, 6) is 0.583. The van der Waals surface area contributed by atoms with Crippen LogP contribution in [-0.2, 0) is 17.9 Å². The maximum atomic E-state index is 14.0. The van der Waals surface area contributed by atoms with E-state index in [1.54, 1.807) is 24.5 Å². The lowest BCUT2D eigenvalue weighted by atomic mass is 10.1. The molecule has 1 aliphatic heterocycles. The van der Waals surface area contributed by atoms with Crippen molar-refractivity contribution in [3.05, 3.63) is 78.0 Å². The number of benzene rings is 2. The molecule has 5 rings (SSSR count). The topological polar surface area (TPSA) is 66.0 Å². The fourth-order valence-corrected chi connectivity index (χ4v) is 3.25. The van der Waals surface area contributed by atoms with Gasteiger partial charge in [0.25, 0.3) is 5.89 Å². The van der Waals surface area contributed by atoms with Gasteiger partial charge in [-0.1, -0.05) is 53.7 Å². The largest absolute Gasteiger partial charge is 0.365 e. The summed E-state index contributed by atoms with van der Waals surface area (Å²) < 4.78 is 27.3. The van der Waals surface area contributed by atoms with Crippen molar-refractivity contribution >= 4 is 0 Å². The van der Waals surface area contributed by atoms with Crippen molar-refractivity contribution in [1.82, 2.24) is 19.7 Å². The fraction of sp³-hybridized carbons (Fsp3) is 0.150. The Kier molecular flexibility index (Phi) is 3.79. The van der Waals surface area contributed by atoms with E-state index in [0.717, 1.165) is 11.3 Å². The van der Waals surface area contributed by atoms with Crippen LogP contribution >= 0.6 is 0 Å². The maximum Gasteiger partial charge on any atom is 0.278 e.